The van der Waals surface area contributed by atoms with Crippen LogP contribution in [0.1, 0.15) is 33.9 Å². The highest BCUT2D eigenvalue weighted by molar-refractivity contribution is 5.99. The molecule has 140 valence electrons. The molecule has 1 aliphatic heterocycles. The predicted molar refractivity (Wildman–Crippen MR) is 105 cm³/mol. The first-order valence-corrected chi connectivity index (χ1v) is 9.11. The highest BCUT2D eigenvalue weighted by Gasteiger charge is 2.34. The first kappa shape index (κ1) is 17.9. The van der Waals surface area contributed by atoms with E-state index in [0.29, 0.717) is 17.8 Å². The van der Waals surface area contributed by atoms with Crippen molar-refractivity contribution in [3.8, 4) is 0 Å². The Kier molecular flexibility index (Phi) is 4.89. The van der Waals surface area contributed by atoms with Crippen LogP contribution in [0, 0.1) is 5.82 Å². The lowest BCUT2D eigenvalue weighted by molar-refractivity contribution is -0.117. The van der Waals surface area contributed by atoms with Gasteiger partial charge in [0.2, 0.25) is 5.91 Å². The maximum atomic E-state index is 13.4. The minimum atomic E-state index is -0.482. The van der Waals surface area contributed by atoms with Crippen LogP contribution >= 0.6 is 0 Å². The lowest BCUT2D eigenvalue weighted by Gasteiger charge is -2.28. The molecule has 28 heavy (non-hydrogen) atoms. The molecule has 0 saturated carbocycles. The number of nitrogens with zero attached hydrogens (tertiary/aromatic N) is 1. The number of fused-ring (bicyclic) bond motifs is 1. The van der Waals surface area contributed by atoms with Crippen LogP contribution in [0.2, 0.25) is 0 Å². The lowest BCUT2D eigenvalue weighted by Crippen LogP contribution is -2.32. The molecule has 1 heterocycles. The number of para-hydroxylation sites is 1. The van der Waals surface area contributed by atoms with Crippen molar-refractivity contribution in [2.75, 3.05) is 5.32 Å². The second-order valence-corrected chi connectivity index (χ2v) is 6.78. The van der Waals surface area contributed by atoms with E-state index in [-0.39, 0.29) is 24.1 Å². The summed E-state index contributed by atoms with van der Waals surface area (Å²) in [6.07, 6.45) is 0.0836. The molecule has 3 aromatic carbocycles. The zero-order valence-corrected chi connectivity index (χ0v) is 15.1. The van der Waals surface area contributed by atoms with Crippen molar-refractivity contribution in [2.24, 2.45) is 0 Å². The smallest absolute Gasteiger partial charge is 0.255 e. The van der Waals surface area contributed by atoms with E-state index < -0.39 is 6.04 Å². The van der Waals surface area contributed by atoms with Gasteiger partial charge in [0, 0.05) is 17.8 Å². The zero-order chi connectivity index (χ0) is 19.5. The van der Waals surface area contributed by atoms with Gasteiger partial charge in [-0.1, -0.05) is 48.5 Å². The number of anilines is 1. The fraction of sp³-hybridized carbons (Fsp3) is 0.130. The number of carbonyl (C=O) groups excluding carboxylic acids is 2. The van der Waals surface area contributed by atoms with Gasteiger partial charge < -0.3 is 10.2 Å². The molecular weight excluding hydrogens is 355 g/mol. The maximum absolute atomic E-state index is 13.4. The summed E-state index contributed by atoms with van der Waals surface area (Å²) in [5.41, 5.74) is 3.01. The SMILES string of the molecule is O=C(C[C@H](c1ccc(F)cc1)N1Cc2ccccc2C1=O)Nc1ccccc1. The second-order valence-electron chi connectivity index (χ2n) is 6.78. The van der Waals surface area contributed by atoms with Crippen LogP contribution in [0.5, 0.6) is 0 Å². The molecule has 1 aliphatic rings. The van der Waals surface area contributed by atoms with E-state index in [1.165, 1.54) is 12.1 Å². The molecule has 1 atom stereocenters. The molecule has 3 aromatic rings. The fourth-order valence-electron chi connectivity index (χ4n) is 3.53. The number of amides is 2. The quantitative estimate of drug-likeness (QED) is 0.712. The summed E-state index contributed by atoms with van der Waals surface area (Å²) < 4.78 is 13.4. The summed E-state index contributed by atoms with van der Waals surface area (Å²) in [6.45, 7) is 0.426. The fourth-order valence-corrected chi connectivity index (χ4v) is 3.53. The Labute approximate surface area is 162 Å². The molecule has 0 saturated heterocycles. The molecule has 1 N–H and O–H groups in total. The number of hydrogen-bond acceptors (Lipinski definition) is 2. The molecule has 0 bridgehead atoms. The summed E-state index contributed by atoms with van der Waals surface area (Å²) in [5.74, 6) is -0.672. The van der Waals surface area contributed by atoms with Gasteiger partial charge in [-0.05, 0) is 41.5 Å². The molecule has 4 nitrogen and oxygen atoms in total. The molecule has 5 heteroatoms. The number of rotatable bonds is 5. The van der Waals surface area contributed by atoms with Crippen molar-refractivity contribution < 1.29 is 14.0 Å². The van der Waals surface area contributed by atoms with E-state index in [1.807, 2.05) is 48.5 Å². The predicted octanol–water partition coefficient (Wildman–Crippen LogP) is 4.55. The standard InChI is InChI=1S/C23H19FN2O2/c24-18-12-10-16(11-13-18)21(14-22(27)25-19-7-2-1-3-8-19)26-15-17-6-4-5-9-20(17)23(26)28/h1-13,21H,14-15H2,(H,25,27)/t21-/m1/s1. The third kappa shape index (κ3) is 3.64. The van der Waals surface area contributed by atoms with Gasteiger partial charge in [0.05, 0.1) is 12.5 Å². The van der Waals surface area contributed by atoms with Gasteiger partial charge in [-0.15, -0.1) is 0 Å². The van der Waals surface area contributed by atoms with Gasteiger partial charge in [-0.2, -0.15) is 0 Å². The largest absolute Gasteiger partial charge is 0.327 e. The molecule has 0 unspecified atom stereocenters. The Bertz CT molecular complexity index is 1000. The molecule has 0 fully saturated rings. The molecule has 0 aliphatic carbocycles. The minimum Gasteiger partial charge on any atom is -0.327 e. The number of benzene rings is 3. The summed E-state index contributed by atoms with van der Waals surface area (Å²) in [7, 11) is 0. The van der Waals surface area contributed by atoms with Gasteiger partial charge in [-0.3, -0.25) is 9.59 Å². The molecular formula is C23H19FN2O2. The van der Waals surface area contributed by atoms with Crippen LogP contribution in [0.25, 0.3) is 0 Å². The molecule has 0 radical (unpaired) electrons. The van der Waals surface area contributed by atoms with Crippen molar-refractivity contribution in [1.82, 2.24) is 4.90 Å². The Morgan fingerprint density at radius 1 is 0.964 bits per heavy atom. The number of halogens is 1. The Morgan fingerprint density at radius 2 is 1.64 bits per heavy atom. The highest BCUT2D eigenvalue weighted by Crippen LogP contribution is 2.33. The molecule has 0 spiro atoms. The Morgan fingerprint density at radius 3 is 2.36 bits per heavy atom. The van der Waals surface area contributed by atoms with Gasteiger partial charge in [0.25, 0.3) is 5.91 Å². The van der Waals surface area contributed by atoms with Gasteiger partial charge >= 0.3 is 0 Å². The maximum Gasteiger partial charge on any atom is 0.255 e. The number of nitrogens with one attached hydrogen (secondary N) is 1. The Balaban J connectivity index is 1.61. The second kappa shape index (κ2) is 7.64. The monoisotopic (exact) mass is 374 g/mol. The average molecular weight is 374 g/mol. The zero-order valence-electron chi connectivity index (χ0n) is 15.1. The molecule has 4 rings (SSSR count). The van der Waals surface area contributed by atoms with E-state index in [1.54, 1.807) is 23.1 Å². The van der Waals surface area contributed by atoms with Crippen LogP contribution in [-0.4, -0.2) is 16.7 Å². The van der Waals surface area contributed by atoms with Crippen molar-refractivity contribution in [1.29, 1.82) is 0 Å². The topological polar surface area (TPSA) is 49.4 Å². The van der Waals surface area contributed by atoms with Gasteiger partial charge in [0.1, 0.15) is 5.82 Å². The third-order valence-corrected chi connectivity index (χ3v) is 4.92. The van der Waals surface area contributed by atoms with E-state index in [4.69, 9.17) is 0 Å². The number of hydrogen-bond donors (Lipinski definition) is 1. The summed E-state index contributed by atoms with van der Waals surface area (Å²) >= 11 is 0. The summed E-state index contributed by atoms with van der Waals surface area (Å²) in [5, 5.41) is 2.86. The lowest BCUT2D eigenvalue weighted by atomic mass is 10.0. The first-order chi connectivity index (χ1) is 13.6. The van der Waals surface area contributed by atoms with E-state index >= 15 is 0 Å². The summed E-state index contributed by atoms with van der Waals surface area (Å²) in [6, 6.07) is 22.1. The minimum absolute atomic E-state index is 0.0836. The normalized spacial score (nSPS) is 13.9. The first-order valence-electron chi connectivity index (χ1n) is 9.11. The van der Waals surface area contributed by atoms with E-state index in [0.717, 1.165) is 11.1 Å². The van der Waals surface area contributed by atoms with Crippen molar-refractivity contribution in [2.45, 2.75) is 19.0 Å². The molecule has 2 amide bonds. The van der Waals surface area contributed by atoms with Crippen molar-refractivity contribution in [3.05, 3.63) is 101 Å². The van der Waals surface area contributed by atoms with Crippen molar-refractivity contribution in [3.63, 3.8) is 0 Å². The average Bonchev–Trinajstić information content (AvgIpc) is 3.04. The molecule has 0 aromatic heterocycles. The van der Waals surface area contributed by atoms with Gasteiger partial charge in [-0.25, -0.2) is 4.39 Å². The Hall–Kier alpha value is -3.47. The van der Waals surface area contributed by atoms with Crippen LogP contribution in [0.3, 0.4) is 0 Å². The van der Waals surface area contributed by atoms with Crippen LogP contribution < -0.4 is 5.32 Å². The van der Waals surface area contributed by atoms with Crippen molar-refractivity contribution >= 4 is 17.5 Å². The van der Waals surface area contributed by atoms with Crippen LogP contribution in [-0.2, 0) is 11.3 Å². The van der Waals surface area contributed by atoms with Crippen LogP contribution in [0.4, 0.5) is 10.1 Å². The van der Waals surface area contributed by atoms with Crippen LogP contribution in [0.15, 0.2) is 78.9 Å². The number of carbonyl (C=O) groups is 2. The van der Waals surface area contributed by atoms with E-state index in [9.17, 15) is 14.0 Å². The third-order valence-electron chi connectivity index (χ3n) is 4.92. The van der Waals surface area contributed by atoms with E-state index in [2.05, 4.69) is 5.32 Å². The highest BCUT2D eigenvalue weighted by atomic mass is 19.1. The van der Waals surface area contributed by atoms with Gasteiger partial charge in [0.15, 0.2) is 0 Å². The summed E-state index contributed by atoms with van der Waals surface area (Å²) in [4.78, 5) is 27.3.